The molecule has 2 heterocycles. The zero-order chi connectivity index (χ0) is 30.5. The Morgan fingerprint density at radius 3 is 2.44 bits per heavy atom. The second-order valence-corrected chi connectivity index (χ2v) is 10.7. The van der Waals surface area contributed by atoms with Crippen LogP contribution in [0.3, 0.4) is 0 Å². The molecular formula is C33H27F4NO5. The molecule has 1 aliphatic heterocycles. The molecule has 4 aromatic rings. The summed E-state index contributed by atoms with van der Waals surface area (Å²) in [4.78, 5) is 23.5. The first-order valence-corrected chi connectivity index (χ1v) is 13.7. The molecule has 2 atom stereocenters. The lowest BCUT2D eigenvalue weighted by molar-refractivity contribution is -0.141. The number of esters is 1. The van der Waals surface area contributed by atoms with Crippen LogP contribution >= 0.6 is 0 Å². The van der Waals surface area contributed by atoms with Crippen LogP contribution in [0.5, 0.6) is 11.5 Å². The molecule has 1 aromatic heterocycles. The lowest BCUT2D eigenvalue weighted by Crippen LogP contribution is -2.14. The second-order valence-electron chi connectivity index (χ2n) is 10.7. The maximum absolute atomic E-state index is 15.4. The molecule has 3 aromatic carbocycles. The fourth-order valence-electron chi connectivity index (χ4n) is 5.96. The Labute approximate surface area is 244 Å². The summed E-state index contributed by atoms with van der Waals surface area (Å²) >= 11 is 0. The zero-order valence-corrected chi connectivity index (χ0v) is 23.3. The molecule has 6 rings (SSSR count). The van der Waals surface area contributed by atoms with Crippen molar-refractivity contribution < 1.29 is 36.6 Å². The number of alkyl halides is 3. The number of rotatable bonds is 6. The van der Waals surface area contributed by atoms with Gasteiger partial charge in [-0.3, -0.25) is 9.59 Å². The minimum absolute atomic E-state index is 0.0649. The minimum Gasteiger partial charge on any atom is -0.492 e. The van der Waals surface area contributed by atoms with Crippen LogP contribution in [-0.2, 0) is 29.2 Å². The molecule has 0 bridgehead atoms. The van der Waals surface area contributed by atoms with E-state index in [1.165, 1.54) is 17.7 Å². The van der Waals surface area contributed by atoms with Crippen LogP contribution in [0.1, 0.15) is 47.1 Å². The summed E-state index contributed by atoms with van der Waals surface area (Å²) in [6, 6.07) is 15.3. The first-order valence-electron chi connectivity index (χ1n) is 13.7. The molecule has 0 fully saturated rings. The molecule has 1 aliphatic carbocycles. The summed E-state index contributed by atoms with van der Waals surface area (Å²) in [5, 5.41) is 0. The molecule has 0 saturated heterocycles. The number of carbonyl (C=O) groups excluding carboxylic acids is 1. The molecule has 222 valence electrons. The highest BCUT2D eigenvalue weighted by molar-refractivity contribution is 5.77. The molecule has 0 N–H and O–H groups in total. The van der Waals surface area contributed by atoms with Gasteiger partial charge in [0.2, 0.25) is 5.56 Å². The summed E-state index contributed by atoms with van der Waals surface area (Å²) in [5.41, 5.74) is 1.68. The lowest BCUT2D eigenvalue weighted by Gasteiger charge is -2.21. The number of benzene rings is 3. The van der Waals surface area contributed by atoms with Crippen LogP contribution in [0.25, 0.3) is 22.3 Å². The highest BCUT2D eigenvalue weighted by Crippen LogP contribution is 2.48. The molecule has 0 saturated carbocycles. The molecular weight excluding hydrogens is 566 g/mol. The van der Waals surface area contributed by atoms with E-state index in [0.717, 1.165) is 16.7 Å². The van der Waals surface area contributed by atoms with Crippen LogP contribution < -0.4 is 15.0 Å². The maximum atomic E-state index is 15.4. The number of carbonyl (C=O) groups is 1. The topological polar surface area (TPSA) is 66.8 Å². The van der Waals surface area contributed by atoms with E-state index in [9.17, 15) is 22.8 Å². The molecule has 6 nitrogen and oxygen atoms in total. The molecule has 0 radical (unpaired) electrons. The van der Waals surface area contributed by atoms with E-state index in [2.05, 4.69) is 0 Å². The van der Waals surface area contributed by atoms with E-state index < -0.39 is 23.7 Å². The summed E-state index contributed by atoms with van der Waals surface area (Å²) in [7, 11) is 2.94. The molecule has 10 heteroatoms. The minimum atomic E-state index is -4.78. The number of ether oxygens (including phenoxy) is 3. The molecule has 2 aliphatic rings. The summed E-state index contributed by atoms with van der Waals surface area (Å²) in [5.74, 6) is -0.555. The van der Waals surface area contributed by atoms with Crippen LogP contribution in [0.15, 0.2) is 71.7 Å². The van der Waals surface area contributed by atoms with Crippen LogP contribution in [0, 0.1) is 5.82 Å². The van der Waals surface area contributed by atoms with Gasteiger partial charge in [-0.1, -0.05) is 30.3 Å². The molecule has 0 spiro atoms. The Kier molecular flexibility index (Phi) is 7.23. The smallest absolute Gasteiger partial charge is 0.417 e. The number of nitrogens with zero attached hydrogens (tertiary/aromatic N) is 1. The Morgan fingerprint density at radius 1 is 1.02 bits per heavy atom. The average molecular weight is 594 g/mol. The Morgan fingerprint density at radius 2 is 1.74 bits per heavy atom. The normalized spacial score (nSPS) is 17.3. The van der Waals surface area contributed by atoms with Crippen LogP contribution in [0.2, 0.25) is 0 Å². The SMILES string of the molecule is COC(=O)C[C@@H]1COc2cc(O[C@@H]3CCc4c(-c5ccc(-c6ccc(=O)n(C)c6)cc5)c(C(F)(F)F)cc(F)c43)ccc21. The average Bonchev–Trinajstić information content (AvgIpc) is 3.58. The zero-order valence-electron chi connectivity index (χ0n) is 23.3. The van der Waals surface area contributed by atoms with Gasteiger partial charge in [0.1, 0.15) is 23.4 Å². The number of pyridine rings is 1. The quantitative estimate of drug-likeness (QED) is 0.178. The summed E-state index contributed by atoms with van der Waals surface area (Å²) < 4.78 is 76.2. The van der Waals surface area contributed by atoms with Crippen molar-refractivity contribution in [3.8, 4) is 33.8 Å². The molecule has 0 amide bonds. The molecule has 0 unspecified atom stereocenters. The Bertz CT molecular complexity index is 1780. The van der Waals surface area contributed by atoms with Gasteiger partial charge in [0.05, 0.1) is 25.7 Å². The summed E-state index contributed by atoms with van der Waals surface area (Å²) in [6.45, 7) is 0.305. The largest absolute Gasteiger partial charge is 0.492 e. The number of aromatic nitrogens is 1. The first-order chi connectivity index (χ1) is 20.5. The van der Waals surface area contributed by atoms with Crippen molar-refractivity contribution in [3.05, 3.63) is 105 Å². The highest BCUT2D eigenvalue weighted by Gasteiger charge is 2.40. The van der Waals surface area contributed by atoms with Crippen molar-refractivity contribution in [1.29, 1.82) is 0 Å². The number of halogens is 4. The van der Waals surface area contributed by atoms with E-state index in [0.29, 0.717) is 36.2 Å². The van der Waals surface area contributed by atoms with Gasteiger partial charge in [0.25, 0.3) is 0 Å². The third kappa shape index (κ3) is 5.37. The number of hydrogen-bond donors (Lipinski definition) is 0. The number of hydrogen-bond acceptors (Lipinski definition) is 5. The number of fused-ring (bicyclic) bond motifs is 2. The Balaban J connectivity index is 1.33. The fourth-order valence-corrected chi connectivity index (χ4v) is 5.96. The van der Waals surface area contributed by atoms with E-state index in [-0.39, 0.29) is 47.0 Å². The van der Waals surface area contributed by atoms with Gasteiger partial charge in [0.15, 0.2) is 0 Å². The van der Waals surface area contributed by atoms with Gasteiger partial charge in [-0.15, -0.1) is 0 Å². The standard InChI is InChI=1S/C33H27F4NO5/c1-38-16-20(7-12-29(38)39)18-3-5-19(6-4-18)31-24-10-11-27(32(24)26(34)15-25(31)33(35,36)37)43-22-8-9-23-21(13-30(40)41-2)17-42-28(23)14-22/h3-9,12,14-16,21,27H,10-11,13,17H2,1-2H3/t21-,27-/m1/s1. The van der Waals surface area contributed by atoms with E-state index >= 15 is 4.39 Å². The van der Waals surface area contributed by atoms with Crippen molar-refractivity contribution in [2.24, 2.45) is 7.05 Å². The van der Waals surface area contributed by atoms with E-state index in [1.54, 1.807) is 61.8 Å². The predicted molar refractivity (Wildman–Crippen MR) is 151 cm³/mol. The van der Waals surface area contributed by atoms with Crippen molar-refractivity contribution in [3.63, 3.8) is 0 Å². The van der Waals surface area contributed by atoms with Crippen LogP contribution in [-0.4, -0.2) is 24.3 Å². The van der Waals surface area contributed by atoms with E-state index in [4.69, 9.17) is 14.2 Å². The van der Waals surface area contributed by atoms with Gasteiger partial charge < -0.3 is 18.8 Å². The maximum Gasteiger partial charge on any atom is 0.417 e. The number of aryl methyl sites for hydroxylation is 1. The highest BCUT2D eigenvalue weighted by atomic mass is 19.4. The predicted octanol–water partition coefficient (Wildman–Crippen LogP) is 6.98. The van der Waals surface area contributed by atoms with Crippen molar-refractivity contribution in [1.82, 2.24) is 4.57 Å². The van der Waals surface area contributed by atoms with Crippen molar-refractivity contribution in [2.45, 2.75) is 37.5 Å². The first kappa shape index (κ1) is 28.5. The Hall–Kier alpha value is -4.60. The summed E-state index contributed by atoms with van der Waals surface area (Å²) in [6.07, 6.45) is -3.27. The van der Waals surface area contributed by atoms with Crippen molar-refractivity contribution >= 4 is 5.97 Å². The molecule has 43 heavy (non-hydrogen) atoms. The van der Waals surface area contributed by atoms with Gasteiger partial charge in [-0.25, -0.2) is 4.39 Å². The van der Waals surface area contributed by atoms with Gasteiger partial charge in [0, 0.05) is 42.4 Å². The third-order valence-corrected chi connectivity index (χ3v) is 8.09. The van der Waals surface area contributed by atoms with Gasteiger partial charge >= 0.3 is 12.1 Å². The van der Waals surface area contributed by atoms with E-state index in [1.807, 2.05) is 0 Å². The second kappa shape index (κ2) is 10.9. The fraction of sp³-hybridized carbons (Fsp3) is 0.273. The lowest BCUT2D eigenvalue weighted by atomic mass is 9.90. The van der Waals surface area contributed by atoms with Gasteiger partial charge in [-0.2, -0.15) is 13.2 Å². The number of methoxy groups -OCH3 is 1. The monoisotopic (exact) mass is 593 g/mol. The third-order valence-electron chi connectivity index (χ3n) is 8.09. The van der Waals surface area contributed by atoms with Gasteiger partial charge in [-0.05, 0) is 58.9 Å². The van der Waals surface area contributed by atoms with Crippen molar-refractivity contribution in [2.75, 3.05) is 13.7 Å². The van der Waals surface area contributed by atoms with Crippen LogP contribution in [0.4, 0.5) is 17.6 Å².